The van der Waals surface area contributed by atoms with E-state index in [4.69, 9.17) is 4.52 Å². The summed E-state index contributed by atoms with van der Waals surface area (Å²) in [4.78, 5) is 11.6. The predicted octanol–water partition coefficient (Wildman–Crippen LogP) is 3.39. The molecule has 2 N–H and O–H groups in total. The van der Waals surface area contributed by atoms with Gasteiger partial charge >= 0.3 is 6.03 Å². The highest BCUT2D eigenvalue weighted by atomic mass is 79.9. The molecule has 2 amide bonds. The van der Waals surface area contributed by atoms with Crippen LogP contribution in [0, 0.1) is 6.92 Å². The van der Waals surface area contributed by atoms with Gasteiger partial charge in [0, 0.05) is 16.2 Å². The number of anilines is 2. The molecule has 0 aliphatic rings. The largest absolute Gasteiger partial charge is 0.338 e. The van der Waals surface area contributed by atoms with Gasteiger partial charge in [0.05, 0.1) is 6.20 Å². The van der Waals surface area contributed by atoms with Crippen LogP contribution in [0.25, 0.3) is 0 Å². The molecule has 1 aromatic carbocycles. The molecule has 0 saturated heterocycles. The summed E-state index contributed by atoms with van der Waals surface area (Å²) >= 11 is 3.39. The molecule has 1 heterocycles. The Morgan fingerprint density at radius 2 is 2.18 bits per heavy atom. The van der Waals surface area contributed by atoms with Crippen molar-refractivity contribution in [3.05, 3.63) is 40.5 Å². The first kappa shape index (κ1) is 11.7. The number of rotatable bonds is 2. The zero-order chi connectivity index (χ0) is 12.3. The third-order valence-corrected chi connectivity index (χ3v) is 2.98. The SMILES string of the molecule is Cc1cc(NC(=O)Nc2ccno2)ccc1Br. The zero-order valence-corrected chi connectivity index (χ0v) is 10.6. The van der Waals surface area contributed by atoms with E-state index in [9.17, 15) is 4.79 Å². The number of aromatic nitrogens is 1. The van der Waals surface area contributed by atoms with E-state index in [1.54, 1.807) is 12.1 Å². The lowest BCUT2D eigenvalue weighted by Crippen LogP contribution is -2.19. The summed E-state index contributed by atoms with van der Waals surface area (Å²) in [5, 5.41) is 8.69. The van der Waals surface area contributed by atoms with E-state index >= 15 is 0 Å². The van der Waals surface area contributed by atoms with Gasteiger partial charge in [0.25, 0.3) is 0 Å². The van der Waals surface area contributed by atoms with Crippen LogP contribution in [0.1, 0.15) is 5.56 Å². The van der Waals surface area contributed by atoms with Crippen molar-refractivity contribution < 1.29 is 9.32 Å². The third-order valence-electron chi connectivity index (χ3n) is 2.09. The van der Waals surface area contributed by atoms with Gasteiger partial charge in [0.2, 0.25) is 5.88 Å². The second kappa shape index (κ2) is 5.01. The van der Waals surface area contributed by atoms with Crippen molar-refractivity contribution in [1.82, 2.24) is 5.16 Å². The van der Waals surface area contributed by atoms with E-state index < -0.39 is 0 Å². The number of hydrogen-bond donors (Lipinski definition) is 2. The lowest BCUT2D eigenvalue weighted by atomic mass is 10.2. The minimum absolute atomic E-state index is 0.302. The summed E-state index contributed by atoms with van der Waals surface area (Å²) in [5.41, 5.74) is 1.75. The highest BCUT2D eigenvalue weighted by Crippen LogP contribution is 2.20. The zero-order valence-electron chi connectivity index (χ0n) is 9.03. The number of carbonyl (C=O) groups is 1. The van der Waals surface area contributed by atoms with Crippen LogP contribution in [-0.2, 0) is 0 Å². The first-order valence-electron chi connectivity index (χ1n) is 4.90. The second-order valence-electron chi connectivity index (χ2n) is 3.42. The van der Waals surface area contributed by atoms with Gasteiger partial charge in [-0.2, -0.15) is 0 Å². The average Bonchev–Trinajstić information content (AvgIpc) is 2.76. The van der Waals surface area contributed by atoms with Gasteiger partial charge < -0.3 is 9.84 Å². The van der Waals surface area contributed by atoms with Crippen molar-refractivity contribution in [3.8, 4) is 0 Å². The molecular formula is C11H10BrN3O2. The number of benzene rings is 1. The molecular weight excluding hydrogens is 286 g/mol. The van der Waals surface area contributed by atoms with Crippen LogP contribution < -0.4 is 10.6 Å². The topological polar surface area (TPSA) is 67.2 Å². The van der Waals surface area contributed by atoms with Gasteiger partial charge in [-0.3, -0.25) is 5.32 Å². The van der Waals surface area contributed by atoms with E-state index in [1.807, 2.05) is 19.1 Å². The maximum absolute atomic E-state index is 11.6. The molecule has 5 nitrogen and oxygen atoms in total. The summed E-state index contributed by atoms with van der Waals surface area (Å²) in [7, 11) is 0. The molecule has 0 saturated carbocycles. The van der Waals surface area contributed by atoms with Crippen LogP contribution >= 0.6 is 15.9 Å². The Bertz CT molecular complexity index is 526. The molecule has 0 atom stereocenters. The minimum Gasteiger partial charge on any atom is -0.338 e. The number of aryl methyl sites for hydroxylation is 1. The molecule has 0 unspecified atom stereocenters. The first-order valence-corrected chi connectivity index (χ1v) is 5.69. The lowest BCUT2D eigenvalue weighted by molar-refractivity contribution is 0.261. The molecule has 2 aromatic rings. The fraction of sp³-hybridized carbons (Fsp3) is 0.0909. The van der Waals surface area contributed by atoms with E-state index in [0.29, 0.717) is 11.6 Å². The predicted molar refractivity (Wildman–Crippen MR) is 68.0 cm³/mol. The van der Waals surface area contributed by atoms with Crippen molar-refractivity contribution in [2.45, 2.75) is 6.92 Å². The Kier molecular flexibility index (Phi) is 3.43. The molecule has 88 valence electrons. The molecule has 6 heteroatoms. The summed E-state index contributed by atoms with van der Waals surface area (Å²) in [6, 6.07) is 6.73. The first-order chi connectivity index (χ1) is 8.15. The van der Waals surface area contributed by atoms with Crippen LogP contribution in [0.5, 0.6) is 0 Å². The molecule has 17 heavy (non-hydrogen) atoms. The van der Waals surface area contributed by atoms with Gasteiger partial charge in [-0.25, -0.2) is 4.79 Å². The lowest BCUT2D eigenvalue weighted by Gasteiger charge is -2.06. The highest BCUT2D eigenvalue weighted by molar-refractivity contribution is 9.10. The fourth-order valence-corrected chi connectivity index (χ4v) is 1.52. The molecule has 0 spiro atoms. The fourth-order valence-electron chi connectivity index (χ4n) is 1.28. The molecule has 2 rings (SSSR count). The Balaban J connectivity index is 2.00. The van der Waals surface area contributed by atoms with Gasteiger partial charge in [-0.1, -0.05) is 21.1 Å². The van der Waals surface area contributed by atoms with Crippen molar-refractivity contribution >= 4 is 33.5 Å². The van der Waals surface area contributed by atoms with Gasteiger partial charge in [-0.15, -0.1) is 0 Å². The average molecular weight is 296 g/mol. The number of nitrogens with one attached hydrogen (secondary N) is 2. The maximum atomic E-state index is 11.6. The van der Waals surface area contributed by atoms with E-state index in [2.05, 4.69) is 31.7 Å². The van der Waals surface area contributed by atoms with Crippen molar-refractivity contribution in [2.24, 2.45) is 0 Å². The Hall–Kier alpha value is -1.82. The number of halogens is 1. The number of nitrogens with zero attached hydrogens (tertiary/aromatic N) is 1. The monoisotopic (exact) mass is 295 g/mol. The number of hydrogen-bond acceptors (Lipinski definition) is 3. The summed E-state index contributed by atoms with van der Waals surface area (Å²) in [6.45, 7) is 1.95. The van der Waals surface area contributed by atoms with Crippen LogP contribution in [0.3, 0.4) is 0 Å². The molecule has 0 aliphatic carbocycles. The van der Waals surface area contributed by atoms with Crippen LogP contribution in [0.4, 0.5) is 16.4 Å². The van der Waals surface area contributed by atoms with Gasteiger partial charge in [0.15, 0.2) is 0 Å². The molecule has 0 aliphatic heterocycles. The van der Waals surface area contributed by atoms with Crippen LogP contribution in [0.15, 0.2) is 39.5 Å². The quantitative estimate of drug-likeness (QED) is 0.892. The standard InChI is InChI=1S/C11H10BrN3O2/c1-7-6-8(2-3-9(7)12)14-11(16)15-10-4-5-13-17-10/h2-6H,1H3,(H2,14,15,16). The molecule has 1 aromatic heterocycles. The van der Waals surface area contributed by atoms with Gasteiger partial charge in [-0.05, 0) is 30.7 Å². The normalized spacial score (nSPS) is 10.0. The molecule has 0 radical (unpaired) electrons. The smallest absolute Gasteiger partial charge is 0.326 e. The number of urea groups is 1. The van der Waals surface area contributed by atoms with Crippen LogP contribution in [-0.4, -0.2) is 11.2 Å². The van der Waals surface area contributed by atoms with E-state index in [1.165, 1.54) is 6.20 Å². The van der Waals surface area contributed by atoms with Crippen molar-refractivity contribution in [2.75, 3.05) is 10.6 Å². The van der Waals surface area contributed by atoms with Crippen molar-refractivity contribution in [1.29, 1.82) is 0 Å². The maximum Gasteiger partial charge on any atom is 0.326 e. The highest BCUT2D eigenvalue weighted by Gasteiger charge is 2.05. The summed E-state index contributed by atoms with van der Waals surface area (Å²) < 4.78 is 5.75. The Morgan fingerprint density at radius 3 is 2.82 bits per heavy atom. The summed E-state index contributed by atoms with van der Waals surface area (Å²) in [5.74, 6) is 0.302. The van der Waals surface area contributed by atoms with Crippen molar-refractivity contribution in [3.63, 3.8) is 0 Å². The molecule has 0 fully saturated rings. The van der Waals surface area contributed by atoms with E-state index in [0.717, 1.165) is 10.0 Å². The van der Waals surface area contributed by atoms with E-state index in [-0.39, 0.29) is 6.03 Å². The number of amides is 2. The second-order valence-corrected chi connectivity index (χ2v) is 4.27. The van der Waals surface area contributed by atoms with Crippen LogP contribution in [0.2, 0.25) is 0 Å². The third kappa shape index (κ3) is 3.07. The van der Waals surface area contributed by atoms with Gasteiger partial charge in [0.1, 0.15) is 0 Å². The Morgan fingerprint density at radius 1 is 1.35 bits per heavy atom. The Labute approximate surface area is 106 Å². The number of carbonyl (C=O) groups excluding carboxylic acids is 1. The molecule has 0 bridgehead atoms. The summed E-state index contributed by atoms with van der Waals surface area (Å²) in [6.07, 6.45) is 1.46. The minimum atomic E-state index is -0.372.